The van der Waals surface area contributed by atoms with Crippen LogP contribution in [0.2, 0.25) is 0 Å². The smallest absolute Gasteiger partial charge is 0.341 e. The molecule has 0 bridgehead atoms. The van der Waals surface area contributed by atoms with Crippen molar-refractivity contribution >= 4 is 45.6 Å². The SMILES string of the molecule is COC(=O)c1c(NC(=S)Nc2ncn(Cc3cccc(C)c3)n2)sc2c1CCCCC2. The summed E-state index contributed by atoms with van der Waals surface area (Å²) < 4.78 is 6.80. The Labute approximate surface area is 190 Å². The third kappa shape index (κ3) is 5.11. The van der Waals surface area contributed by atoms with Crippen molar-refractivity contribution in [2.75, 3.05) is 17.7 Å². The van der Waals surface area contributed by atoms with Gasteiger partial charge in [-0.3, -0.25) is 5.32 Å². The molecule has 1 aliphatic carbocycles. The Hall–Kier alpha value is -2.78. The molecule has 4 rings (SSSR count). The van der Waals surface area contributed by atoms with Crippen molar-refractivity contribution in [1.82, 2.24) is 14.8 Å². The average molecular weight is 456 g/mol. The van der Waals surface area contributed by atoms with Gasteiger partial charge in [-0.1, -0.05) is 36.2 Å². The minimum atomic E-state index is -0.328. The zero-order valence-corrected chi connectivity index (χ0v) is 19.2. The average Bonchev–Trinajstić information content (AvgIpc) is 3.23. The number of thiophene rings is 1. The number of esters is 1. The number of fused-ring (bicyclic) bond motifs is 1. The number of carbonyl (C=O) groups excluding carboxylic acids is 1. The number of aryl methyl sites for hydroxylation is 2. The molecule has 2 aromatic heterocycles. The molecule has 31 heavy (non-hydrogen) atoms. The zero-order valence-electron chi connectivity index (χ0n) is 17.6. The summed E-state index contributed by atoms with van der Waals surface area (Å²) in [6.07, 6.45) is 6.94. The molecule has 2 heterocycles. The van der Waals surface area contributed by atoms with Crippen LogP contribution in [0.1, 0.15) is 51.2 Å². The molecule has 0 amide bonds. The maximum absolute atomic E-state index is 12.5. The molecule has 0 atom stereocenters. The highest BCUT2D eigenvalue weighted by Crippen LogP contribution is 2.38. The number of rotatable bonds is 5. The van der Waals surface area contributed by atoms with Crippen molar-refractivity contribution in [2.45, 2.75) is 45.6 Å². The van der Waals surface area contributed by atoms with Gasteiger partial charge in [0.1, 0.15) is 11.3 Å². The number of aromatic nitrogens is 3. The molecule has 162 valence electrons. The Kier molecular flexibility index (Phi) is 6.62. The van der Waals surface area contributed by atoms with Gasteiger partial charge in [-0.25, -0.2) is 14.5 Å². The van der Waals surface area contributed by atoms with E-state index in [2.05, 4.69) is 45.8 Å². The Morgan fingerprint density at radius 3 is 2.90 bits per heavy atom. The van der Waals surface area contributed by atoms with Crippen molar-refractivity contribution in [3.05, 3.63) is 57.7 Å². The predicted molar refractivity (Wildman–Crippen MR) is 127 cm³/mol. The van der Waals surface area contributed by atoms with Gasteiger partial charge in [0, 0.05) is 4.88 Å². The monoisotopic (exact) mass is 455 g/mol. The van der Waals surface area contributed by atoms with Crippen molar-refractivity contribution in [1.29, 1.82) is 0 Å². The molecular formula is C22H25N5O2S2. The van der Waals surface area contributed by atoms with E-state index in [1.165, 1.54) is 24.0 Å². The molecule has 1 aromatic carbocycles. The van der Waals surface area contributed by atoms with Gasteiger partial charge in [0.05, 0.1) is 19.2 Å². The number of benzene rings is 1. The van der Waals surface area contributed by atoms with E-state index in [9.17, 15) is 4.79 Å². The standard InChI is InChI=1S/C22H25N5O2S2/c1-14-7-6-8-15(11-14)12-27-13-23-21(26-27)25-22(30)24-19-18(20(28)29-2)16-9-4-3-5-10-17(16)31-19/h6-8,11,13H,3-5,9-10,12H2,1-2H3,(H2,24,25,26,30). The van der Waals surface area contributed by atoms with Gasteiger partial charge in [0.2, 0.25) is 5.95 Å². The van der Waals surface area contributed by atoms with Crippen LogP contribution in [0.3, 0.4) is 0 Å². The van der Waals surface area contributed by atoms with Gasteiger partial charge in [-0.05, 0) is 56.0 Å². The fourth-order valence-corrected chi connectivity index (χ4v) is 5.35. The molecule has 2 N–H and O–H groups in total. The van der Waals surface area contributed by atoms with E-state index in [-0.39, 0.29) is 5.97 Å². The zero-order chi connectivity index (χ0) is 21.8. The van der Waals surface area contributed by atoms with E-state index in [1.807, 2.05) is 6.07 Å². The number of methoxy groups -OCH3 is 1. The fourth-order valence-electron chi connectivity index (χ4n) is 3.81. The van der Waals surface area contributed by atoms with Gasteiger partial charge in [-0.15, -0.1) is 16.4 Å². The molecule has 0 spiro atoms. The maximum atomic E-state index is 12.5. The van der Waals surface area contributed by atoms with Crippen molar-refractivity contribution < 1.29 is 9.53 Å². The topological polar surface area (TPSA) is 81.1 Å². The first-order chi connectivity index (χ1) is 15.0. The lowest BCUT2D eigenvalue weighted by Crippen LogP contribution is -2.21. The first kappa shape index (κ1) is 21.5. The van der Waals surface area contributed by atoms with Crippen LogP contribution in [0.25, 0.3) is 0 Å². The lowest BCUT2D eigenvalue weighted by Gasteiger charge is -2.09. The van der Waals surface area contributed by atoms with Gasteiger partial charge in [0.15, 0.2) is 5.11 Å². The number of ether oxygens (including phenoxy) is 1. The van der Waals surface area contributed by atoms with Gasteiger partial charge >= 0.3 is 5.97 Å². The normalized spacial score (nSPS) is 13.2. The molecule has 0 saturated carbocycles. The van der Waals surface area contributed by atoms with E-state index in [4.69, 9.17) is 17.0 Å². The van der Waals surface area contributed by atoms with Crippen LogP contribution >= 0.6 is 23.6 Å². The highest BCUT2D eigenvalue weighted by Gasteiger charge is 2.25. The molecule has 3 aromatic rings. The summed E-state index contributed by atoms with van der Waals surface area (Å²) in [7, 11) is 1.41. The summed E-state index contributed by atoms with van der Waals surface area (Å²) in [5.74, 6) is 0.0770. The number of hydrogen-bond acceptors (Lipinski definition) is 6. The van der Waals surface area contributed by atoms with Crippen molar-refractivity contribution in [2.24, 2.45) is 0 Å². The Morgan fingerprint density at radius 2 is 2.10 bits per heavy atom. The largest absolute Gasteiger partial charge is 0.465 e. The summed E-state index contributed by atoms with van der Waals surface area (Å²) in [4.78, 5) is 18.0. The molecule has 9 heteroatoms. The van der Waals surface area contributed by atoms with Crippen LogP contribution in [0, 0.1) is 6.92 Å². The number of nitrogens with one attached hydrogen (secondary N) is 2. The lowest BCUT2D eigenvalue weighted by atomic mass is 10.1. The first-order valence-electron chi connectivity index (χ1n) is 10.3. The molecule has 7 nitrogen and oxygen atoms in total. The summed E-state index contributed by atoms with van der Waals surface area (Å²) in [6.45, 7) is 2.69. The van der Waals surface area contributed by atoms with Gasteiger partial charge in [-0.2, -0.15) is 0 Å². The molecule has 0 fully saturated rings. The van der Waals surface area contributed by atoms with Crippen LogP contribution in [0.5, 0.6) is 0 Å². The van der Waals surface area contributed by atoms with Crippen LogP contribution in [0.15, 0.2) is 30.6 Å². The van der Waals surface area contributed by atoms with Crippen molar-refractivity contribution in [3.63, 3.8) is 0 Å². The number of anilines is 2. The van der Waals surface area contributed by atoms with E-state index in [0.29, 0.717) is 23.2 Å². The van der Waals surface area contributed by atoms with E-state index >= 15 is 0 Å². The Bertz CT molecular complexity index is 1110. The summed E-state index contributed by atoms with van der Waals surface area (Å²) in [6, 6.07) is 8.27. The molecular weight excluding hydrogens is 430 g/mol. The minimum Gasteiger partial charge on any atom is -0.465 e. The first-order valence-corrected chi connectivity index (χ1v) is 11.5. The molecule has 0 unspecified atom stereocenters. The second-order valence-electron chi connectivity index (χ2n) is 7.59. The second-order valence-corrected chi connectivity index (χ2v) is 9.11. The number of carbonyl (C=O) groups is 1. The van der Waals surface area contributed by atoms with Gasteiger partial charge < -0.3 is 10.1 Å². The predicted octanol–water partition coefficient (Wildman–Crippen LogP) is 4.56. The van der Waals surface area contributed by atoms with Crippen LogP contribution in [-0.2, 0) is 24.1 Å². The van der Waals surface area contributed by atoms with E-state index in [1.54, 1.807) is 22.3 Å². The molecule has 0 radical (unpaired) electrons. The minimum absolute atomic E-state index is 0.328. The van der Waals surface area contributed by atoms with Crippen molar-refractivity contribution in [3.8, 4) is 0 Å². The van der Waals surface area contributed by atoms with E-state index < -0.39 is 0 Å². The highest BCUT2D eigenvalue weighted by molar-refractivity contribution is 7.80. The molecule has 0 aliphatic heterocycles. The third-order valence-corrected chi connectivity index (χ3v) is 6.64. The molecule has 1 aliphatic rings. The number of hydrogen-bond donors (Lipinski definition) is 2. The second kappa shape index (κ2) is 9.57. The fraction of sp³-hybridized carbons (Fsp3) is 0.364. The number of nitrogens with zero attached hydrogens (tertiary/aromatic N) is 3. The third-order valence-electron chi connectivity index (χ3n) is 5.23. The quantitative estimate of drug-likeness (QED) is 0.332. The van der Waals surface area contributed by atoms with Crippen LogP contribution < -0.4 is 10.6 Å². The van der Waals surface area contributed by atoms with Crippen LogP contribution in [-0.4, -0.2) is 33.0 Å². The highest BCUT2D eigenvalue weighted by atomic mass is 32.1. The van der Waals surface area contributed by atoms with Crippen LogP contribution in [0.4, 0.5) is 10.9 Å². The molecule has 0 saturated heterocycles. The van der Waals surface area contributed by atoms with E-state index in [0.717, 1.165) is 41.8 Å². The summed E-state index contributed by atoms with van der Waals surface area (Å²) in [5, 5.41) is 11.7. The Balaban J connectivity index is 1.46. The summed E-state index contributed by atoms with van der Waals surface area (Å²) in [5.41, 5.74) is 4.06. The van der Waals surface area contributed by atoms with Gasteiger partial charge in [0.25, 0.3) is 0 Å². The maximum Gasteiger partial charge on any atom is 0.341 e. The number of thiocarbonyl (C=S) groups is 1. The summed E-state index contributed by atoms with van der Waals surface area (Å²) >= 11 is 7.05. The lowest BCUT2D eigenvalue weighted by molar-refractivity contribution is 0.0601. The Morgan fingerprint density at radius 1 is 1.26 bits per heavy atom.